The number of guanidine groups is 1. The Hall–Kier alpha value is -2.67. The Morgan fingerprint density at radius 1 is 1.14 bits per heavy atom. The number of halogens is 2. The molecular weight excluding hydrogens is 362 g/mol. The van der Waals surface area contributed by atoms with Crippen LogP contribution in [-0.2, 0) is 13.1 Å². The summed E-state index contributed by atoms with van der Waals surface area (Å²) in [6.45, 7) is 2.94. The van der Waals surface area contributed by atoms with Crippen LogP contribution in [0.1, 0.15) is 29.7 Å². The lowest BCUT2D eigenvalue weighted by atomic mass is 10.1. The SMILES string of the molecule is CN=C(NCc1ccc(F)c(CN(C)C)c1)NC(C)c1ccc(OC)c(F)c1. The van der Waals surface area contributed by atoms with E-state index in [1.54, 1.807) is 25.2 Å². The van der Waals surface area contributed by atoms with Crippen molar-refractivity contribution in [3.05, 3.63) is 64.7 Å². The molecule has 0 aliphatic rings. The molecule has 0 saturated carbocycles. The summed E-state index contributed by atoms with van der Waals surface area (Å²) in [4.78, 5) is 6.13. The maximum absolute atomic E-state index is 13.9. The highest BCUT2D eigenvalue weighted by Crippen LogP contribution is 2.21. The van der Waals surface area contributed by atoms with Gasteiger partial charge in [-0.15, -0.1) is 0 Å². The van der Waals surface area contributed by atoms with E-state index in [1.807, 2.05) is 32.0 Å². The van der Waals surface area contributed by atoms with E-state index in [4.69, 9.17) is 4.74 Å². The van der Waals surface area contributed by atoms with Gasteiger partial charge in [-0.05, 0) is 56.4 Å². The Bertz CT molecular complexity index is 824. The predicted molar refractivity (Wildman–Crippen MR) is 108 cm³/mol. The maximum atomic E-state index is 13.9. The van der Waals surface area contributed by atoms with Crippen LogP contribution in [0.2, 0.25) is 0 Å². The highest BCUT2D eigenvalue weighted by Gasteiger charge is 2.12. The average molecular weight is 390 g/mol. The van der Waals surface area contributed by atoms with Crippen molar-refractivity contribution < 1.29 is 13.5 Å². The first-order valence-corrected chi connectivity index (χ1v) is 9.06. The third-order valence-electron chi connectivity index (χ3n) is 4.31. The summed E-state index contributed by atoms with van der Waals surface area (Å²) in [5.74, 6) is 0.164. The molecule has 0 aliphatic carbocycles. The smallest absolute Gasteiger partial charge is 0.191 e. The number of aliphatic imine (C=N–C) groups is 1. The summed E-state index contributed by atoms with van der Waals surface area (Å²) in [6, 6.07) is 9.76. The largest absolute Gasteiger partial charge is 0.494 e. The highest BCUT2D eigenvalue weighted by molar-refractivity contribution is 5.80. The van der Waals surface area contributed by atoms with Gasteiger partial charge in [-0.2, -0.15) is 0 Å². The number of hydrogen-bond acceptors (Lipinski definition) is 3. The summed E-state index contributed by atoms with van der Waals surface area (Å²) in [7, 11) is 6.91. The fraction of sp³-hybridized carbons (Fsp3) is 0.381. The molecule has 1 atom stereocenters. The zero-order valence-electron chi connectivity index (χ0n) is 17.0. The van der Waals surface area contributed by atoms with Crippen molar-refractivity contribution >= 4 is 5.96 Å². The second-order valence-corrected chi connectivity index (χ2v) is 6.85. The topological polar surface area (TPSA) is 48.9 Å². The van der Waals surface area contributed by atoms with Crippen LogP contribution in [0.4, 0.5) is 8.78 Å². The lowest BCUT2D eigenvalue weighted by molar-refractivity contribution is 0.386. The number of nitrogens with one attached hydrogen (secondary N) is 2. The summed E-state index contributed by atoms with van der Waals surface area (Å²) in [6.07, 6.45) is 0. The van der Waals surface area contributed by atoms with Gasteiger partial charge >= 0.3 is 0 Å². The van der Waals surface area contributed by atoms with Crippen molar-refractivity contribution in [3.8, 4) is 5.75 Å². The Kier molecular flexibility index (Phi) is 7.75. The normalized spacial score (nSPS) is 12.8. The highest BCUT2D eigenvalue weighted by atomic mass is 19.1. The number of ether oxygens (including phenoxy) is 1. The van der Waals surface area contributed by atoms with Crippen LogP contribution in [0.3, 0.4) is 0 Å². The van der Waals surface area contributed by atoms with Crippen molar-refractivity contribution in [2.75, 3.05) is 28.3 Å². The Balaban J connectivity index is 2.00. The molecule has 0 amide bonds. The molecule has 1 unspecified atom stereocenters. The number of hydrogen-bond donors (Lipinski definition) is 2. The van der Waals surface area contributed by atoms with Crippen LogP contribution in [-0.4, -0.2) is 39.1 Å². The number of nitrogens with zero attached hydrogens (tertiary/aromatic N) is 2. The second-order valence-electron chi connectivity index (χ2n) is 6.85. The van der Waals surface area contributed by atoms with E-state index >= 15 is 0 Å². The summed E-state index contributed by atoms with van der Waals surface area (Å²) in [5.41, 5.74) is 2.37. The molecule has 0 radical (unpaired) electrons. The van der Waals surface area contributed by atoms with Crippen molar-refractivity contribution in [1.82, 2.24) is 15.5 Å². The molecule has 0 aliphatic heterocycles. The summed E-state index contributed by atoms with van der Waals surface area (Å²) >= 11 is 0. The van der Waals surface area contributed by atoms with Crippen LogP contribution in [0.25, 0.3) is 0 Å². The van der Waals surface area contributed by atoms with E-state index in [0.29, 0.717) is 24.6 Å². The molecule has 0 aromatic heterocycles. The molecule has 0 heterocycles. The fourth-order valence-electron chi connectivity index (χ4n) is 2.82. The number of rotatable bonds is 7. The lowest BCUT2D eigenvalue weighted by Crippen LogP contribution is -2.38. The van der Waals surface area contributed by atoms with Crippen molar-refractivity contribution in [2.45, 2.75) is 26.1 Å². The van der Waals surface area contributed by atoms with Gasteiger partial charge in [0.25, 0.3) is 0 Å². The standard InChI is InChI=1S/C21H28F2N4O/c1-14(16-7-9-20(28-5)19(23)11-16)26-21(24-2)25-12-15-6-8-18(22)17(10-15)13-27(3)4/h6-11,14H,12-13H2,1-5H3,(H2,24,25,26). The van der Waals surface area contributed by atoms with E-state index in [0.717, 1.165) is 11.1 Å². The van der Waals surface area contributed by atoms with Crippen molar-refractivity contribution in [3.63, 3.8) is 0 Å². The summed E-state index contributed by atoms with van der Waals surface area (Å²) < 4.78 is 32.8. The van der Waals surface area contributed by atoms with E-state index < -0.39 is 5.82 Å². The lowest BCUT2D eigenvalue weighted by Gasteiger charge is -2.19. The Labute approximate surface area is 165 Å². The third-order valence-corrected chi connectivity index (χ3v) is 4.31. The minimum absolute atomic E-state index is 0.163. The van der Waals surface area contributed by atoms with Crippen LogP contribution in [0.15, 0.2) is 41.4 Å². The van der Waals surface area contributed by atoms with Crippen LogP contribution >= 0.6 is 0 Å². The Morgan fingerprint density at radius 2 is 1.89 bits per heavy atom. The van der Waals surface area contributed by atoms with Gasteiger partial charge in [0, 0.05) is 25.7 Å². The van der Waals surface area contributed by atoms with E-state index in [1.165, 1.54) is 19.2 Å². The van der Waals surface area contributed by atoms with Crippen molar-refractivity contribution in [2.24, 2.45) is 4.99 Å². The van der Waals surface area contributed by atoms with Crippen LogP contribution in [0, 0.1) is 11.6 Å². The quantitative estimate of drug-likeness (QED) is 0.562. The van der Waals surface area contributed by atoms with Gasteiger partial charge < -0.3 is 20.3 Å². The molecule has 0 fully saturated rings. The van der Waals surface area contributed by atoms with Gasteiger partial charge in [-0.3, -0.25) is 4.99 Å². The van der Waals surface area contributed by atoms with Gasteiger partial charge in [0.15, 0.2) is 17.5 Å². The van der Waals surface area contributed by atoms with Gasteiger partial charge in [-0.1, -0.05) is 12.1 Å². The molecule has 152 valence electrons. The molecule has 0 bridgehead atoms. The first kappa shape index (κ1) is 21.6. The van der Waals surface area contributed by atoms with Gasteiger partial charge in [0.05, 0.1) is 13.2 Å². The summed E-state index contributed by atoms with van der Waals surface area (Å²) in [5, 5.41) is 6.43. The molecule has 7 heteroatoms. The van der Waals surface area contributed by atoms with Crippen LogP contribution in [0.5, 0.6) is 5.75 Å². The van der Waals surface area contributed by atoms with E-state index in [2.05, 4.69) is 15.6 Å². The van der Waals surface area contributed by atoms with Gasteiger partial charge in [0.2, 0.25) is 0 Å². The minimum Gasteiger partial charge on any atom is -0.494 e. The monoisotopic (exact) mass is 390 g/mol. The molecule has 0 saturated heterocycles. The van der Waals surface area contributed by atoms with Gasteiger partial charge in [-0.25, -0.2) is 8.78 Å². The molecular formula is C21H28F2N4O. The molecule has 2 N–H and O–H groups in total. The number of methoxy groups -OCH3 is 1. The minimum atomic E-state index is -0.406. The number of benzene rings is 2. The first-order chi connectivity index (χ1) is 13.3. The zero-order chi connectivity index (χ0) is 20.7. The maximum Gasteiger partial charge on any atom is 0.191 e. The molecule has 2 aromatic carbocycles. The molecule has 2 rings (SSSR count). The van der Waals surface area contributed by atoms with Crippen molar-refractivity contribution in [1.29, 1.82) is 0 Å². The molecule has 0 spiro atoms. The van der Waals surface area contributed by atoms with Gasteiger partial charge in [0.1, 0.15) is 5.82 Å². The van der Waals surface area contributed by atoms with E-state index in [-0.39, 0.29) is 17.6 Å². The molecule has 28 heavy (non-hydrogen) atoms. The zero-order valence-corrected chi connectivity index (χ0v) is 17.0. The Morgan fingerprint density at radius 3 is 2.50 bits per heavy atom. The fourth-order valence-corrected chi connectivity index (χ4v) is 2.82. The predicted octanol–water partition coefficient (Wildman–Crippen LogP) is 3.46. The average Bonchev–Trinajstić information content (AvgIpc) is 2.66. The van der Waals surface area contributed by atoms with E-state index in [9.17, 15) is 8.78 Å². The second kappa shape index (κ2) is 10.0. The molecule has 2 aromatic rings. The third kappa shape index (κ3) is 5.92. The molecule has 5 nitrogen and oxygen atoms in total. The van der Waals surface area contributed by atoms with Crippen LogP contribution < -0.4 is 15.4 Å². The first-order valence-electron chi connectivity index (χ1n) is 9.06.